The van der Waals surface area contributed by atoms with E-state index in [4.69, 9.17) is 23.4 Å². The molecule has 0 N–H and O–H groups in total. The van der Waals surface area contributed by atoms with Gasteiger partial charge in [-0.2, -0.15) is 0 Å². The molecule has 7 heteroatoms. The van der Waals surface area contributed by atoms with Crippen LogP contribution in [0.3, 0.4) is 0 Å². The Morgan fingerprint density at radius 1 is 0.806 bits per heavy atom. The highest BCUT2D eigenvalue weighted by Gasteiger charge is 2.20. The molecule has 7 nitrogen and oxygen atoms in total. The monoisotopic (exact) mass is 497 g/mol. The van der Waals surface area contributed by atoms with Gasteiger partial charge in [-0.1, -0.05) is 26.7 Å². The van der Waals surface area contributed by atoms with E-state index in [1.807, 2.05) is 6.07 Å². The number of unbranched alkanes of at least 4 members (excludes halogenated alkanes) is 2. The number of rotatable bonds is 15. The zero-order chi connectivity index (χ0) is 25.9. The Balaban J connectivity index is 1.92. The molecule has 0 amide bonds. The highest BCUT2D eigenvalue weighted by Crippen LogP contribution is 2.37. The first-order valence-electron chi connectivity index (χ1n) is 12.8. The van der Waals surface area contributed by atoms with Crippen molar-refractivity contribution in [2.75, 3.05) is 47.6 Å². The molecule has 0 saturated carbocycles. The summed E-state index contributed by atoms with van der Waals surface area (Å²) >= 11 is 0. The molecule has 0 radical (unpaired) electrons. The minimum atomic E-state index is -0.211. The van der Waals surface area contributed by atoms with Gasteiger partial charge in [-0.3, -0.25) is 4.79 Å². The first kappa shape index (κ1) is 27.4. The van der Waals surface area contributed by atoms with Gasteiger partial charge >= 0.3 is 0 Å². The average molecular weight is 498 g/mol. The summed E-state index contributed by atoms with van der Waals surface area (Å²) in [6.45, 7) is 7.96. The second kappa shape index (κ2) is 13.8. The van der Waals surface area contributed by atoms with Crippen LogP contribution in [0.25, 0.3) is 22.3 Å². The van der Waals surface area contributed by atoms with Crippen molar-refractivity contribution >= 4 is 11.0 Å². The SMILES string of the molecule is CCCCN(CCCC)CCCOc1c(-c2ccc(OC)c(OC)c2)oc2cc(OC)ccc2c1=O. The zero-order valence-corrected chi connectivity index (χ0v) is 22.2. The molecule has 0 aliphatic heterocycles. The van der Waals surface area contributed by atoms with Gasteiger partial charge in [0.25, 0.3) is 0 Å². The van der Waals surface area contributed by atoms with Gasteiger partial charge in [-0.05, 0) is 62.7 Å². The van der Waals surface area contributed by atoms with Crippen LogP contribution in [0.5, 0.6) is 23.0 Å². The molecule has 0 fully saturated rings. The quantitative estimate of drug-likeness (QED) is 0.233. The van der Waals surface area contributed by atoms with Crippen LogP contribution in [0.1, 0.15) is 46.0 Å². The summed E-state index contributed by atoms with van der Waals surface area (Å²) < 4.78 is 28.6. The maximum absolute atomic E-state index is 13.5. The molecule has 1 aromatic heterocycles. The van der Waals surface area contributed by atoms with Gasteiger partial charge in [-0.15, -0.1) is 0 Å². The number of nitrogens with zero attached hydrogens (tertiary/aromatic N) is 1. The molecule has 0 unspecified atom stereocenters. The second-order valence-electron chi connectivity index (χ2n) is 8.77. The summed E-state index contributed by atoms with van der Waals surface area (Å²) in [5, 5.41) is 0.447. The van der Waals surface area contributed by atoms with E-state index in [-0.39, 0.29) is 11.2 Å². The minimum absolute atomic E-state index is 0.202. The fraction of sp³-hybridized carbons (Fsp3) is 0.483. The van der Waals surface area contributed by atoms with E-state index in [9.17, 15) is 4.79 Å². The van der Waals surface area contributed by atoms with Gasteiger partial charge in [0, 0.05) is 18.2 Å². The second-order valence-corrected chi connectivity index (χ2v) is 8.77. The van der Waals surface area contributed by atoms with Crippen LogP contribution in [-0.4, -0.2) is 52.5 Å². The molecule has 3 aromatic rings. The molecular weight excluding hydrogens is 458 g/mol. The standard InChI is InChI=1S/C29H39NO6/c1-6-8-15-30(16-9-7-2)17-10-18-35-29-27(31)23-13-12-22(32-3)20-25(23)36-28(29)21-11-14-24(33-4)26(19-21)34-5/h11-14,19-20H,6-10,15-18H2,1-5H3. The number of fused-ring (bicyclic) bond motifs is 1. The number of ether oxygens (including phenoxy) is 4. The van der Waals surface area contributed by atoms with Gasteiger partial charge in [0.15, 0.2) is 17.3 Å². The van der Waals surface area contributed by atoms with Crippen LogP contribution in [0.2, 0.25) is 0 Å². The van der Waals surface area contributed by atoms with Crippen LogP contribution >= 0.6 is 0 Å². The minimum Gasteiger partial charge on any atom is -0.497 e. The Morgan fingerprint density at radius 2 is 1.50 bits per heavy atom. The third kappa shape index (κ3) is 6.72. The van der Waals surface area contributed by atoms with Crippen LogP contribution < -0.4 is 24.4 Å². The highest BCUT2D eigenvalue weighted by atomic mass is 16.5. The van der Waals surface area contributed by atoms with Gasteiger partial charge in [0.05, 0.1) is 33.3 Å². The lowest BCUT2D eigenvalue weighted by Gasteiger charge is -2.22. The van der Waals surface area contributed by atoms with Crippen molar-refractivity contribution in [1.29, 1.82) is 0 Å². The van der Waals surface area contributed by atoms with Gasteiger partial charge in [0.2, 0.25) is 11.2 Å². The summed E-state index contributed by atoms with van der Waals surface area (Å²) in [6.07, 6.45) is 5.55. The Bertz CT molecular complexity index is 1160. The predicted octanol–water partition coefficient (Wildman–Crippen LogP) is 6.16. The molecule has 0 saturated heterocycles. The van der Waals surface area contributed by atoms with E-state index in [0.29, 0.717) is 46.1 Å². The molecular formula is C29H39NO6. The molecule has 0 spiro atoms. The van der Waals surface area contributed by atoms with Crippen LogP contribution in [0.15, 0.2) is 45.6 Å². The molecule has 2 aromatic carbocycles. The normalized spacial score (nSPS) is 11.2. The first-order valence-corrected chi connectivity index (χ1v) is 12.8. The number of hydrogen-bond acceptors (Lipinski definition) is 7. The maximum Gasteiger partial charge on any atom is 0.235 e. The van der Waals surface area contributed by atoms with Crippen LogP contribution in [-0.2, 0) is 0 Å². The largest absolute Gasteiger partial charge is 0.497 e. The number of hydrogen-bond donors (Lipinski definition) is 0. The lowest BCUT2D eigenvalue weighted by Crippen LogP contribution is -2.28. The third-order valence-corrected chi connectivity index (χ3v) is 6.22. The summed E-state index contributed by atoms with van der Waals surface area (Å²) in [5.41, 5.74) is 0.885. The molecule has 36 heavy (non-hydrogen) atoms. The number of methoxy groups -OCH3 is 3. The van der Waals surface area contributed by atoms with Crippen molar-refractivity contribution in [3.63, 3.8) is 0 Å². The Labute approximate surface area is 213 Å². The zero-order valence-electron chi connectivity index (χ0n) is 22.2. The van der Waals surface area contributed by atoms with Crippen molar-refractivity contribution < 1.29 is 23.4 Å². The summed E-state index contributed by atoms with van der Waals surface area (Å²) in [4.78, 5) is 16.0. The Morgan fingerprint density at radius 3 is 2.14 bits per heavy atom. The van der Waals surface area contributed by atoms with E-state index in [1.165, 1.54) is 25.7 Å². The smallest absolute Gasteiger partial charge is 0.235 e. The molecule has 196 valence electrons. The van der Waals surface area contributed by atoms with Gasteiger partial charge in [0.1, 0.15) is 11.3 Å². The molecule has 1 heterocycles. The fourth-order valence-corrected chi connectivity index (χ4v) is 4.14. The topological polar surface area (TPSA) is 70.4 Å². The van der Waals surface area contributed by atoms with Crippen molar-refractivity contribution in [2.24, 2.45) is 0 Å². The van der Waals surface area contributed by atoms with Gasteiger partial charge < -0.3 is 28.3 Å². The maximum atomic E-state index is 13.5. The molecule has 0 atom stereocenters. The average Bonchev–Trinajstić information content (AvgIpc) is 2.92. The summed E-state index contributed by atoms with van der Waals surface area (Å²) in [5.74, 6) is 2.30. The van der Waals surface area contributed by atoms with Crippen LogP contribution in [0.4, 0.5) is 0 Å². The number of benzene rings is 2. The Kier molecular flexibility index (Phi) is 10.5. The van der Waals surface area contributed by atoms with Crippen molar-refractivity contribution in [1.82, 2.24) is 4.90 Å². The van der Waals surface area contributed by atoms with E-state index >= 15 is 0 Å². The lowest BCUT2D eigenvalue weighted by molar-refractivity contribution is 0.227. The van der Waals surface area contributed by atoms with Crippen molar-refractivity contribution in [2.45, 2.75) is 46.0 Å². The Hall–Kier alpha value is -3.19. The molecule has 0 aliphatic carbocycles. The summed E-state index contributed by atoms with van der Waals surface area (Å²) in [6, 6.07) is 10.6. The molecule has 0 bridgehead atoms. The predicted molar refractivity (Wildman–Crippen MR) is 144 cm³/mol. The molecule has 0 aliphatic rings. The van der Waals surface area contributed by atoms with E-state index < -0.39 is 0 Å². The van der Waals surface area contributed by atoms with Crippen molar-refractivity contribution in [3.8, 4) is 34.3 Å². The lowest BCUT2D eigenvalue weighted by atomic mass is 10.1. The van der Waals surface area contributed by atoms with E-state index in [1.54, 1.807) is 51.7 Å². The molecule has 3 rings (SSSR count). The van der Waals surface area contributed by atoms with Crippen LogP contribution in [0, 0.1) is 0 Å². The first-order chi connectivity index (χ1) is 17.6. The van der Waals surface area contributed by atoms with E-state index in [0.717, 1.165) is 26.1 Å². The third-order valence-electron chi connectivity index (χ3n) is 6.22. The fourth-order valence-electron chi connectivity index (χ4n) is 4.14. The van der Waals surface area contributed by atoms with Crippen molar-refractivity contribution in [3.05, 3.63) is 46.6 Å². The highest BCUT2D eigenvalue weighted by molar-refractivity contribution is 5.83. The van der Waals surface area contributed by atoms with Gasteiger partial charge in [-0.25, -0.2) is 0 Å². The summed E-state index contributed by atoms with van der Waals surface area (Å²) in [7, 11) is 4.73. The van der Waals surface area contributed by atoms with E-state index in [2.05, 4.69) is 18.7 Å².